The Hall–Kier alpha value is -1.58. The standard InChI is InChI=1S/C12H9BrN2/c1-9(13)12(11(7-14)8-15)10-5-3-2-4-6-10/h2-6,9H,1H3. The maximum Gasteiger partial charge on any atom is 0.134 e. The van der Waals surface area contributed by atoms with E-state index in [0.717, 1.165) is 11.1 Å². The van der Waals surface area contributed by atoms with Gasteiger partial charge in [0.05, 0.1) is 0 Å². The Morgan fingerprint density at radius 2 is 1.73 bits per heavy atom. The number of halogens is 1. The fourth-order valence-electron chi connectivity index (χ4n) is 1.34. The molecule has 0 heterocycles. The quantitative estimate of drug-likeness (QED) is 0.605. The summed E-state index contributed by atoms with van der Waals surface area (Å²) in [6.45, 7) is 1.90. The number of hydrogen-bond acceptors (Lipinski definition) is 2. The fraction of sp³-hybridized carbons (Fsp3) is 0.167. The van der Waals surface area contributed by atoms with E-state index in [2.05, 4.69) is 15.9 Å². The van der Waals surface area contributed by atoms with Crippen LogP contribution in [-0.4, -0.2) is 4.83 Å². The Morgan fingerprint density at radius 3 is 2.13 bits per heavy atom. The van der Waals surface area contributed by atoms with Gasteiger partial charge in [0.1, 0.15) is 17.7 Å². The molecule has 0 radical (unpaired) electrons. The van der Waals surface area contributed by atoms with Crippen LogP contribution in [0.25, 0.3) is 5.57 Å². The zero-order valence-electron chi connectivity index (χ0n) is 8.24. The molecule has 3 heteroatoms. The second-order valence-electron chi connectivity index (χ2n) is 2.99. The van der Waals surface area contributed by atoms with E-state index in [1.165, 1.54) is 0 Å². The van der Waals surface area contributed by atoms with E-state index in [-0.39, 0.29) is 10.4 Å². The van der Waals surface area contributed by atoms with E-state index >= 15 is 0 Å². The van der Waals surface area contributed by atoms with Gasteiger partial charge in [-0.05, 0) is 12.5 Å². The first kappa shape index (κ1) is 11.5. The van der Waals surface area contributed by atoms with Crippen molar-refractivity contribution < 1.29 is 0 Å². The first-order valence-corrected chi connectivity index (χ1v) is 5.36. The first-order valence-electron chi connectivity index (χ1n) is 4.44. The van der Waals surface area contributed by atoms with Gasteiger partial charge >= 0.3 is 0 Å². The van der Waals surface area contributed by atoms with Gasteiger partial charge in [-0.3, -0.25) is 0 Å². The molecular formula is C12H9BrN2. The number of hydrogen-bond donors (Lipinski definition) is 0. The van der Waals surface area contributed by atoms with Crippen molar-refractivity contribution in [3.8, 4) is 12.1 Å². The minimum atomic E-state index is -0.0193. The van der Waals surface area contributed by atoms with Crippen LogP contribution in [0.15, 0.2) is 35.9 Å². The predicted octanol–water partition coefficient (Wildman–Crippen LogP) is 3.27. The molecular weight excluding hydrogens is 252 g/mol. The Balaban J connectivity index is 3.36. The second kappa shape index (κ2) is 5.34. The van der Waals surface area contributed by atoms with Gasteiger partial charge in [0, 0.05) is 10.4 Å². The predicted molar refractivity (Wildman–Crippen MR) is 63.0 cm³/mol. The van der Waals surface area contributed by atoms with Crippen LogP contribution in [0.4, 0.5) is 0 Å². The zero-order valence-corrected chi connectivity index (χ0v) is 9.82. The van der Waals surface area contributed by atoms with Crippen LogP contribution < -0.4 is 0 Å². The van der Waals surface area contributed by atoms with Gasteiger partial charge in [-0.1, -0.05) is 46.3 Å². The molecule has 0 fully saturated rings. The monoisotopic (exact) mass is 260 g/mol. The van der Waals surface area contributed by atoms with Gasteiger partial charge in [-0.2, -0.15) is 10.5 Å². The molecule has 1 rings (SSSR count). The molecule has 0 aliphatic carbocycles. The third-order valence-electron chi connectivity index (χ3n) is 1.98. The molecule has 1 atom stereocenters. The molecule has 1 aromatic rings. The van der Waals surface area contributed by atoms with Crippen molar-refractivity contribution in [2.45, 2.75) is 11.8 Å². The topological polar surface area (TPSA) is 47.6 Å². The van der Waals surface area contributed by atoms with Crippen LogP contribution in [0.5, 0.6) is 0 Å². The molecule has 15 heavy (non-hydrogen) atoms. The third-order valence-corrected chi connectivity index (χ3v) is 2.43. The maximum atomic E-state index is 8.86. The summed E-state index contributed by atoms with van der Waals surface area (Å²) in [5.41, 5.74) is 1.80. The lowest BCUT2D eigenvalue weighted by Gasteiger charge is -2.09. The van der Waals surface area contributed by atoms with Crippen LogP contribution in [0.1, 0.15) is 12.5 Å². The SMILES string of the molecule is CC(Br)C(=C(C#N)C#N)c1ccccc1. The molecule has 0 amide bonds. The van der Waals surface area contributed by atoms with Crippen LogP contribution in [-0.2, 0) is 0 Å². The maximum absolute atomic E-state index is 8.86. The van der Waals surface area contributed by atoms with Crippen molar-refractivity contribution in [3.05, 3.63) is 41.5 Å². The van der Waals surface area contributed by atoms with Crippen LogP contribution in [0.3, 0.4) is 0 Å². The Labute approximate surface area is 97.6 Å². The van der Waals surface area contributed by atoms with Gasteiger partial charge in [0.25, 0.3) is 0 Å². The van der Waals surface area contributed by atoms with Crippen molar-refractivity contribution in [2.75, 3.05) is 0 Å². The number of rotatable bonds is 2. The van der Waals surface area contributed by atoms with E-state index in [0.29, 0.717) is 0 Å². The summed E-state index contributed by atoms with van der Waals surface area (Å²) >= 11 is 3.40. The summed E-state index contributed by atoms with van der Waals surface area (Å²) in [6, 6.07) is 13.3. The highest BCUT2D eigenvalue weighted by Crippen LogP contribution is 2.26. The summed E-state index contributed by atoms with van der Waals surface area (Å²) < 4.78 is 0. The van der Waals surface area contributed by atoms with Gasteiger partial charge in [0.2, 0.25) is 0 Å². The highest BCUT2D eigenvalue weighted by atomic mass is 79.9. The largest absolute Gasteiger partial charge is 0.192 e. The number of nitrogens with zero attached hydrogens (tertiary/aromatic N) is 2. The molecule has 0 aliphatic heterocycles. The summed E-state index contributed by atoms with van der Waals surface area (Å²) in [4.78, 5) is -0.0193. The van der Waals surface area contributed by atoms with Crippen LogP contribution >= 0.6 is 15.9 Å². The van der Waals surface area contributed by atoms with Crippen molar-refractivity contribution >= 4 is 21.5 Å². The normalized spacial score (nSPS) is 10.9. The number of benzene rings is 1. The van der Waals surface area contributed by atoms with Crippen molar-refractivity contribution in [3.63, 3.8) is 0 Å². The van der Waals surface area contributed by atoms with E-state index in [1.807, 2.05) is 49.4 Å². The van der Waals surface area contributed by atoms with Crippen LogP contribution in [0.2, 0.25) is 0 Å². The fourth-order valence-corrected chi connectivity index (χ4v) is 1.83. The lowest BCUT2D eigenvalue weighted by molar-refractivity contribution is 1.27. The molecule has 0 N–H and O–H groups in total. The van der Waals surface area contributed by atoms with E-state index in [9.17, 15) is 0 Å². The molecule has 74 valence electrons. The average molecular weight is 261 g/mol. The van der Waals surface area contributed by atoms with Crippen LogP contribution in [0, 0.1) is 22.7 Å². The van der Waals surface area contributed by atoms with Crippen molar-refractivity contribution in [1.29, 1.82) is 10.5 Å². The van der Waals surface area contributed by atoms with Gasteiger partial charge < -0.3 is 0 Å². The molecule has 0 aromatic heterocycles. The van der Waals surface area contributed by atoms with Crippen molar-refractivity contribution in [1.82, 2.24) is 0 Å². The number of nitriles is 2. The summed E-state index contributed by atoms with van der Waals surface area (Å²) in [7, 11) is 0. The Bertz CT molecular complexity index is 431. The zero-order chi connectivity index (χ0) is 11.3. The summed E-state index contributed by atoms with van der Waals surface area (Å²) in [6.07, 6.45) is 0. The number of alkyl halides is 1. The van der Waals surface area contributed by atoms with Gasteiger partial charge in [-0.25, -0.2) is 0 Å². The van der Waals surface area contributed by atoms with Gasteiger partial charge in [0.15, 0.2) is 0 Å². The molecule has 1 unspecified atom stereocenters. The molecule has 0 spiro atoms. The summed E-state index contributed by atoms with van der Waals surface area (Å²) in [5, 5.41) is 17.7. The summed E-state index contributed by atoms with van der Waals surface area (Å²) in [5.74, 6) is 0. The lowest BCUT2D eigenvalue weighted by atomic mass is 9.99. The molecule has 2 nitrogen and oxygen atoms in total. The Morgan fingerprint density at radius 1 is 1.20 bits per heavy atom. The minimum absolute atomic E-state index is 0.0193. The number of allylic oxidation sites excluding steroid dienone is 2. The minimum Gasteiger partial charge on any atom is -0.192 e. The third kappa shape index (κ3) is 2.68. The van der Waals surface area contributed by atoms with Crippen molar-refractivity contribution in [2.24, 2.45) is 0 Å². The van der Waals surface area contributed by atoms with E-state index < -0.39 is 0 Å². The first-order chi connectivity index (χ1) is 7.20. The molecule has 0 saturated carbocycles. The second-order valence-corrected chi connectivity index (χ2v) is 4.37. The highest BCUT2D eigenvalue weighted by Gasteiger charge is 2.13. The lowest BCUT2D eigenvalue weighted by Crippen LogP contribution is -1.99. The molecule has 0 bridgehead atoms. The smallest absolute Gasteiger partial charge is 0.134 e. The highest BCUT2D eigenvalue weighted by molar-refractivity contribution is 9.09. The van der Waals surface area contributed by atoms with E-state index in [1.54, 1.807) is 0 Å². The van der Waals surface area contributed by atoms with E-state index in [4.69, 9.17) is 10.5 Å². The Kier molecular flexibility index (Phi) is 4.09. The molecule has 0 aliphatic rings. The average Bonchev–Trinajstić information content (AvgIpc) is 2.26. The molecule has 0 saturated heterocycles. The van der Waals surface area contributed by atoms with Gasteiger partial charge in [-0.15, -0.1) is 0 Å². The molecule has 1 aromatic carbocycles.